The molecule has 41 heavy (non-hydrogen) atoms. The van der Waals surface area contributed by atoms with Crippen LogP contribution < -0.4 is 0 Å². The van der Waals surface area contributed by atoms with Gasteiger partial charge in [0, 0.05) is 12.8 Å². The molecular formula is C29H40F4O6S2. The average Bonchev–Trinajstić information content (AvgIpc) is 2.83. The lowest BCUT2D eigenvalue weighted by molar-refractivity contribution is -0.135. The molecule has 0 atom stereocenters. The van der Waals surface area contributed by atoms with Gasteiger partial charge in [-0.2, -0.15) is 17.6 Å². The highest BCUT2D eigenvalue weighted by molar-refractivity contribution is 8.09. The van der Waals surface area contributed by atoms with E-state index in [0.717, 1.165) is 77.0 Å². The Bertz CT molecular complexity index is 1150. The number of alkyl halides is 4. The van der Waals surface area contributed by atoms with Crippen LogP contribution >= 0.6 is 0 Å². The smallest absolute Gasteiger partial charge is 0.292 e. The van der Waals surface area contributed by atoms with E-state index in [4.69, 9.17) is 0 Å². The molecule has 8 aliphatic rings. The second-order valence-corrected chi connectivity index (χ2v) is 19.5. The van der Waals surface area contributed by atoms with E-state index in [2.05, 4.69) is 0 Å². The Morgan fingerprint density at radius 2 is 0.780 bits per heavy atom. The fraction of sp³-hybridized carbons (Fsp3) is 0.931. The summed E-state index contributed by atoms with van der Waals surface area (Å²) in [5.74, 6) is -1.06. The number of hydrogen-bond donors (Lipinski definition) is 0. The Kier molecular flexibility index (Phi) is 7.12. The number of hydrogen-bond acceptors (Lipinski definition) is 6. The number of sulfone groups is 2. The molecule has 0 aromatic carbocycles. The molecule has 0 radical (unpaired) electrons. The van der Waals surface area contributed by atoms with Crippen LogP contribution in [0, 0.1) is 46.3 Å². The van der Waals surface area contributed by atoms with Crippen molar-refractivity contribution in [3.63, 3.8) is 0 Å². The molecule has 8 saturated carbocycles. The van der Waals surface area contributed by atoms with Crippen molar-refractivity contribution < 1.29 is 44.0 Å². The zero-order chi connectivity index (χ0) is 29.6. The SMILES string of the molecule is O=C(CCC12CC3CC(CC(C3)C1)C2)C(F)(F)S(=O)(=O)CS(=O)(=O)C(F)(F)C(=O)CCC12CC3CC(CC(C3)C1)C2. The van der Waals surface area contributed by atoms with Crippen molar-refractivity contribution in [3.8, 4) is 0 Å². The number of Topliss-reactive ketones (excluding diaryl/α,β-unsaturated/α-hetero) is 2. The van der Waals surface area contributed by atoms with E-state index in [0.29, 0.717) is 35.5 Å². The van der Waals surface area contributed by atoms with Crippen molar-refractivity contribution in [2.24, 2.45) is 46.3 Å². The maximum absolute atomic E-state index is 14.9. The van der Waals surface area contributed by atoms with Crippen LogP contribution in [-0.2, 0) is 29.3 Å². The summed E-state index contributed by atoms with van der Waals surface area (Å²) in [6, 6.07) is 0. The van der Waals surface area contributed by atoms with Crippen molar-refractivity contribution >= 4 is 31.2 Å². The Morgan fingerprint density at radius 3 is 1.02 bits per heavy atom. The van der Waals surface area contributed by atoms with E-state index in [1.54, 1.807) is 0 Å². The molecular weight excluding hydrogens is 584 g/mol. The van der Waals surface area contributed by atoms with Crippen LogP contribution in [-0.4, -0.2) is 44.0 Å². The van der Waals surface area contributed by atoms with E-state index in [1.165, 1.54) is 0 Å². The minimum Gasteiger partial charge on any atom is -0.292 e. The van der Waals surface area contributed by atoms with Gasteiger partial charge in [0.25, 0.3) is 0 Å². The quantitative estimate of drug-likeness (QED) is 0.244. The van der Waals surface area contributed by atoms with Crippen molar-refractivity contribution in [1.29, 1.82) is 0 Å². The van der Waals surface area contributed by atoms with E-state index in [1.807, 2.05) is 0 Å². The lowest BCUT2D eigenvalue weighted by Gasteiger charge is -2.57. The molecule has 8 fully saturated rings. The van der Waals surface area contributed by atoms with Gasteiger partial charge >= 0.3 is 10.5 Å². The summed E-state index contributed by atoms with van der Waals surface area (Å²) in [5.41, 5.74) is -0.598. The van der Waals surface area contributed by atoms with Crippen LogP contribution in [0.1, 0.15) is 103 Å². The summed E-state index contributed by atoms with van der Waals surface area (Å²) in [6.45, 7) is 0. The van der Waals surface area contributed by atoms with Gasteiger partial charge in [-0.1, -0.05) is 0 Å². The molecule has 0 aromatic rings. The van der Waals surface area contributed by atoms with Gasteiger partial charge in [-0.25, -0.2) is 16.8 Å². The standard InChI is InChI=1S/C29H40F4O6S2/c30-28(31,24(34)1-3-26-11-18-5-19(12-26)7-20(6-18)13-26)40(36,37)17-41(38,39)29(32,33)25(35)2-4-27-14-21-8-22(15-27)10-23(9-21)16-27/h18-23H,1-17H2. The number of rotatable bonds is 12. The second kappa shape index (κ2) is 9.73. The van der Waals surface area contributed by atoms with E-state index in [9.17, 15) is 44.0 Å². The lowest BCUT2D eigenvalue weighted by Crippen LogP contribution is -2.49. The van der Waals surface area contributed by atoms with Gasteiger partial charge in [0.15, 0.2) is 5.08 Å². The molecule has 12 heteroatoms. The summed E-state index contributed by atoms with van der Waals surface area (Å²) >= 11 is 0. The molecule has 8 bridgehead atoms. The van der Waals surface area contributed by atoms with Crippen molar-refractivity contribution in [1.82, 2.24) is 0 Å². The zero-order valence-electron chi connectivity index (χ0n) is 23.3. The molecule has 232 valence electrons. The van der Waals surface area contributed by atoms with Gasteiger partial charge < -0.3 is 0 Å². The number of ketones is 2. The maximum Gasteiger partial charge on any atom is 0.403 e. The third-order valence-electron chi connectivity index (χ3n) is 11.8. The molecule has 0 heterocycles. The van der Waals surface area contributed by atoms with Crippen LogP contribution in [0.5, 0.6) is 0 Å². The molecule has 6 nitrogen and oxygen atoms in total. The molecule has 0 amide bonds. The van der Waals surface area contributed by atoms with Gasteiger partial charge in [0.2, 0.25) is 31.2 Å². The monoisotopic (exact) mass is 624 g/mol. The highest BCUT2D eigenvalue weighted by Gasteiger charge is 2.61. The van der Waals surface area contributed by atoms with Crippen LogP contribution in [0.25, 0.3) is 0 Å². The first-order valence-corrected chi connectivity index (χ1v) is 18.5. The van der Waals surface area contributed by atoms with E-state index < -0.39 is 59.7 Å². The van der Waals surface area contributed by atoms with Crippen LogP contribution in [0.3, 0.4) is 0 Å². The third kappa shape index (κ3) is 5.22. The molecule has 0 N–H and O–H groups in total. The fourth-order valence-electron chi connectivity index (χ4n) is 10.9. The highest BCUT2D eigenvalue weighted by Crippen LogP contribution is 2.63. The number of halogens is 4. The van der Waals surface area contributed by atoms with Crippen molar-refractivity contribution in [2.45, 2.75) is 113 Å². The van der Waals surface area contributed by atoms with Crippen LogP contribution in [0.15, 0.2) is 0 Å². The van der Waals surface area contributed by atoms with Gasteiger partial charge in [-0.05, 0) is 136 Å². The Morgan fingerprint density at radius 1 is 0.537 bits per heavy atom. The van der Waals surface area contributed by atoms with Crippen molar-refractivity contribution in [2.75, 3.05) is 5.08 Å². The minimum atomic E-state index is -6.17. The molecule has 0 aromatic heterocycles. The van der Waals surface area contributed by atoms with Crippen LogP contribution in [0.2, 0.25) is 0 Å². The van der Waals surface area contributed by atoms with E-state index in [-0.39, 0.29) is 23.7 Å². The molecule has 0 unspecified atom stereocenters. The summed E-state index contributed by atoms with van der Waals surface area (Å²) < 4.78 is 110. The van der Waals surface area contributed by atoms with E-state index >= 15 is 0 Å². The predicted molar refractivity (Wildman–Crippen MR) is 142 cm³/mol. The first kappa shape index (κ1) is 30.0. The molecule has 0 aliphatic heterocycles. The molecule has 0 saturated heterocycles. The summed E-state index contributed by atoms with van der Waals surface area (Å²) in [7, 11) is -12.3. The molecule has 8 aliphatic carbocycles. The van der Waals surface area contributed by atoms with Crippen LogP contribution in [0.4, 0.5) is 17.6 Å². The Hall–Kier alpha value is -1.04. The summed E-state index contributed by atoms with van der Waals surface area (Å²) in [6.07, 6.45) is 9.96. The number of carbonyl (C=O) groups excluding carboxylic acids is 2. The summed E-state index contributed by atoms with van der Waals surface area (Å²) in [4.78, 5) is 25.0. The fourth-order valence-corrected chi connectivity index (χ4v) is 14.7. The minimum absolute atomic E-state index is 0.0756. The number of carbonyl (C=O) groups is 2. The Labute approximate surface area is 239 Å². The average molecular weight is 625 g/mol. The predicted octanol–water partition coefficient (Wildman–Crippen LogP) is 6.09. The summed E-state index contributed by atoms with van der Waals surface area (Å²) in [5, 5.41) is -12.9. The third-order valence-corrected chi connectivity index (χ3v) is 16.3. The lowest BCUT2D eigenvalue weighted by atomic mass is 9.48. The van der Waals surface area contributed by atoms with Gasteiger partial charge in [0.05, 0.1) is 0 Å². The zero-order valence-corrected chi connectivity index (χ0v) is 24.9. The normalized spacial score (nSPS) is 39.8. The van der Waals surface area contributed by atoms with Crippen molar-refractivity contribution in [3.05, 3.63) is 0 Å². The van der Waals surface area contributed by atoms with Gasteiger partial charge in [0.1, 0.15) is 0 Å². The molecule has 8 rings (SSSR count). The molecule has 0 spiro atoms. The largest absolute Gasteiger partial charge is 0.403 e. The highest BCUT2D eigenvalue weighted by atomic mass is 32.3. The second-order valence-electron chi connectivity index (χ2n) is 15.1. The van der Waals surface area contributed by atoms with Gasteiger partial charge in [-0.3, -0.25) is 9.59 Å². The first-order valence-electron chi connectivity index (χ1n) is 15.2. The first-order chi connectivity index (χ1) is 18.9. The Balaban J connectivity index is 1.08. The maximum atomic E-state index is 14.9. The topological polar surface area (TPSA) is 102 Å². The van der Waals surface area contributed by atoms with Gasteiger partial charge in [-0.15, -0.1) is 0 Å².